The highest BCUT2D eigenvalue weighted by molar-refractivity contribution is 7.91. The van der Waals surface area contributed by atoms with Crippen LogP contribution in [-0.4, -0.2) is 33.0 Å². The zero-order chi connectivity index (χ0) is 9.19. The van der Waals surface area contributed by atoms with Crippen molar-refractivity contribution in [2.45, 2.75) is 11.8 Å². The van der Waals surface area contributed by atoms with E-state index in [2.05, 4.69) is 0 Å². The van der Waals surface area contributed by atoms with Crippen molar-refractivity contribution in [2.24, 2.45) is 0 Å². The standard InChI is InChI=1S/C8H11BO2S.2H2O/c1-2-12(10,11)8-5-3-4-7(9)6-8;;/h3-6H,2,9H2,1H3;2*1H2. The minimum absolute atomic E-state index is 0. The second kappa shape index (κ2) is 5.80. The van der Waals surface area contributed by atoms with E-state index in [4.69, 9.17) is 0 Å². The lowest BCUT2D eigenvalue weighted by Crippen LogP contribution is -2.08. The molecule has 4 N–H and O–H groups in total. The summed E-state index contributed by atoms with van der Waals surface area (Å²) < 4.78 is 22.7. The first kappa shape index (κ1) is 15.6. The summed E-state index contributed by atoms with van der Waals surface area (Å²) in [4.78, 5) is 0.421. The third kappa shape index (κ3) is 3.49. The Balaban J connectivity index is 0. The Bertz CT molecular complexity index is 375. The topological polar surface area (TPSA) is 97.1 Å². The third-order valence-corrected chi connectivity index (χ3v) is 3.46. The van der Waals surface area contributed by atoms with Crippen LogP contribution in [0.5, 0.6) is 0 Å². The fourth-order valence-electron chi connectivity index (χ4n) is 0.975. The van der Waals surface area contributed by atoms with Crippen molar-refractivity contribution in [1.82, 2.24) is 0 Å². The second-order valence-corrected chi connectivity index (χ2v) is 5.00. The second-order valence-electron chi connectivity index (χ2n) is 2.72. The molecule has 0 atom stereocenters. The van der Waals surface area contributed by atoms with Crippen LogP contribution >= 0.6 is 0 Å². The zero-order valence-electron chi connectivity index (χ0n) is 8.24. The molecule has 1 rings (SSSR count). The van der Waals surface area contributed by atoms with Crippen LogP contribution in [0, 0.1) is 0 Å². The van der Waals surface area contributed by atoms with E-state index in [0.29, 0.717) is 4.90 Å². The Hall–Kier alpha value is -0.845. The number of hydrogen-bond donors (Lipinski definition) is 0. The fourth-order valence-corrected chi connectivity index (χ4v) is 1.96. The van der Waals surface area contributed by atoms with Gasteiger partial charge in [-0.1, -0.05) is 24.5 Å². The molecule has 14 heavy (non-hydrogen) atoms. The highest BCUT2D eigenvalue weighted by Gasteiger charge is 2.09. The summed E-state index contributed by atoms with van der Waals surface area (Å²) in [6.45, 7) is 1.65. The van der Waals surface area contributed by atoms with E-state index >= 15 is 0 Å². The van der Waals surface area contributed by atoms with Crippen LogP contribution in [0.1, 0.15) is 6.92 Å². The van der Waals surface area contributed by atoms with Gasteiger partial charge in [-0.2, -0.15) is 0 Å². The Morgan fingerprint density at radius 1 is 1.29 bits per heavy atom. The molecule has 0 saturated carbocycles. The van der Waals surface area contributed by atoms with Crippen LogP contribution < -0.4 is 5.46 Å². The SMILES string of the molecule is Bc1cccc(S(=O)(=O)CC)c1.O.O. The smallest absolute Gasteiger partial charge is 0.178 e. The molecule has 0 aliphatic heterocycles. The Morgan fingerprint density at radius 2 is 1.86 bits per heavy atom. The van der Waals surface area contributed by atoms with Gasteiger partial charge in [-0.3, -0.25) is 0 Å². The molecule has 0 saturated heterocycles. The van der Waals surface area contributed by atoms with Gasteiger partial charge in [0.05, 0.1) is 10.6 Å². The summed E-state index contributed by atoms with van der Waals surface area (Å²) in [7, 11) is -1.14. The molecule has 0 aromatic heterocycles. The molecule has 0 radical (unpaired) electrons. The first-order valence-electron chi connectivity index (χ1n) is 3.85. The van der Waals surface area contributed by atoms with Crippen LogP contribution in [0.25, 0.3) is 0 Å². The summed E-state index contributed by atoms with van der Waals surface area (Å²) >= 11 is 0. The Kier molecular flexibility index (Phi) is 6.47. The summed E-state index contributed by atoms with van der Waals surface area (Å²) in [5.41, 5.74) is 0.976. The van der Waals surface area contributed by atoms with Crippen LogP contribution in [0.3, 0.4) is 0 Å². The van der Waals surface area contributed by atoms with E-state index in [1.165, 1.54) is 0 Å². The van der Waals surface area contributed by atoms with Gasteiger partial charge >= 0.3 is 0 Å². The lowest BCUT2D eigenvalue weighted by molar-refractivity contribution is 0.597. The van der Waals surface area contributed by atoms with Crippen LogP contribution in [0.15, 0.2) is 29.2 Å². The molecule has 0 unspecified atom stereocenters. The lowest BCUT2D eigenvalue weighted by atomic mass is 9.97. The van der Waals surface area contributed by atoms with E-state index in [0.717, 1.165) is 5.46 Å². The predicted octanol–water partition coefficient (Wildman–Crippen LogP) is -1.91. The summed E-state index contributed by atoms with van der Waals surface area (Å²) in [5.74, 6) is 0.163. The van der Waals surface area contributed by atoms with E-state index in [9.17, 15) is 8.42 Å². The van der Waals surface area contributed by atoms with Crippen molar-refractivity contribution < 1.29 is 19.4 Å². The van der Waals surface area contributed by atoms with Crippen molar-refractivity contribution in [2.75, 3.05) is 5.75 Å². The molecule has 0 fully saturated rings. The van der Waals surface area contributed by atoms with Gasteiger partial charge in [-0.15, -0.1) is 0 Å². The first-order valence-corrected chi connectivity index (χ1v) is 5.51. The normalized spacial score (nSPS) is 9.79. The van der Waals surface area contributed by atoms with Crippen LogP contribution in [-0.2, 0) is 9.84 Å². The molecular formula is C8H15BO4S. The molecule has 0 aliphatic rings. The highest BCUT2D eigenvalue weighted by atomic mass is 32.2. The number of rotatable bonds is 2. The van der Waals surface area contributed by atoms with Crippen molar-refractivity contribution in [1.29, 1.82) is 0 Å². The van der Waals surface area contributed by atoms with Crippen LogP contribution in [0.2, 0.25) is 0 Å². The molecule has 0 heterocycles. The van der Waals surface area contributed by atoms with Gasteiger partial charge < -0.3 is 11.0 Å². The van der Waals surface area contributed by atoms with E-state index in [1.54, 1.807) is 25.1 Å². The Morgan fingerprint density at radius 3 is 2.29 bits per heavy atom. The minimum atomic E-state index is -3.02. The molecule has 0 bridgehead atoms. The highest BCUT2D eigenvalue weighted by Crippen LogP contribution is 2.07. The quantitative estimate of drug-likeness (QED) is 0.541. The van der Waals surface area contributed by atoms with Gasteiger partial charge in [-0.25, -0.2) is 8.42 Å². The van der Waals surface area contributed by atoms with Gasteiger partial charge in [0.1, 0.15) is 7.85 Å². The van der Waals surface area contributed by atoms with E-state index in [1.807, 2.05) is 13.9 Å². The molecule has 0 amide bonds. The van der Waals surface area contributed by atoms with Crippen molar-refractivity contribution in [3.63, 3.8) is 0 Å². The Labute approximate surface area is 84.9 Å². The van der Waals surface area contributed by atoms with E-state index in [-0.39, 0.29) is 16.7 Å². The maximum absolute atomic E-state index is 11.4. The maximum Gasteiger partial charge on any atom is 0.178 e. The van der Waals surface area contributed by atoms with E-state index < -0.39 is 9.84 Å². The molecule has 0 spiro atoms. The average molecular weight is 218 g/mol. The van der Waals surface area contributed by atoms with Gasteiger partial charge in [0.25, 0.3) is 0 Å². The summed E-state index contributed by atoms with van der Waals surface area (Å²) in [6, 6.07) is 6.97. The van der Waals surface area contributed by atoms with Crippen molar-refractivity contribution in [3.05, 3.63) is 24.3 Å². The van der Waals surface area contributed by atoms with Gasteiger partial charge in [0.15, 0.2) is 9.84 Å². The largest absolute Gasteiger partial charge is 0.412 e. The zero-order valence-corrected chi connectivity index (χ0v) is 9.06. The van der Waals surface area contributed by atoms with Crippen LogP contribution in [0.4, 0.5) is 0 Å². The third-order valence-electron chi connectivity index (χ3n) is 1.73. The fraction of sp³-hybridized carbons (Fsp3) is 0.250. The number of sulfone groups is 1. The lowest BCUT2D eigenvalue weighted by Gasteiger charge is -2.01. The molecule has 1 aromatic rings. The predicted molar refractivity (Wildman–Crippen MR) is 59.6 cm³/mol. The monoisotopic (exact) mass is 218 g/mol. The minimum Gasteiger partial charge on any atom is -0.412 e. The summed E-state index contributed by atoms with van der Waals surface area (Å²) in [6.07, 6.45) is 0. The number of benzene rings is 1. The molecule has 4 nitrogen and oxygen atoms in total. The van der Waals surface area contributed by atoms with Gasteiger partial charge in [0.2, 0.25) is 0 Å². The van der Waals surface area contributed by atoms with Gasteiger partial charge in [0, 0.05) is 0 Å². The van der Waals surface area contributed by atoms with Crippen molar-refractivity contribution in [3.8, 4) is 0 Å². The maximum atomic E-state index is 11.4. The molecule has 1 aromatic carbocycles. The molecule has 80 valence electrons. The molecule has 6 heteroatoms. The van der Waals surface area contributed by atoms with Gasteiger partial charge in [-0.05, 0) is 12.1 Å². The summed E-state index contributed by atoms with van der Waals surface area (Å²) in [5, 5.41) is 0. The number of hydrogen-bond acceptors (Lipinski definition) is 2. The average Bonchev–Trinajstić information content (AvgIpc) is 2.05. The first-order chi connectivity index (χ1) is 5.56. The van der Waals surface area contributed by atoms with Crippen molar-refractivity contribution >= 4 is 23.1 Å². The molecule has 0 aliphatic carbocycles. The molecular weight excluding hydrogens is 203 g/mol.